The van der Waals surface area contributed by atoms with Crippen LogP contribution in [0.5, 0.6) is 11.5 Å². The molecule has 0 saturated carbocycles. The van der Waals surface area contributed by atoms with Crippen LogP contribution < -0.4 is 10.1 Å². The van der Waals surface area contributed by atoms with Crippen molar-refractivity contribution in [3.05, 3.63) is 22.2 Å². The summed E-state index contributed by atoms with van der Waals surface area (Å²) in [6.45, 7) is 6.25. The second kappa shape index (κ2) is 8.01. The summed E-state index contributed by atoms with van der Waals surface area (Å²) in [6.07, 6.45) is 3.38. The predicted molar refractivity (Wildman–Crippen MR) is 89.1 cm³/mol. The normalized spacial score (nSPS) is 17.7. The van der Waals surface area contributed by atoms with E-state index in [0.717, 1.165) is 55.5 Å². The average Bonchev–Trinajstić information content (AvgIpc) is 2.51. The molecule has 1 fully saturated rings. The third kappa shape index (κ3) is 4.11. The van der Waals surface area contributed by atoms with Crippen LogP contribution in [0.15, 0.2) is 16.6 Å². The first kappa shape index (κ1) is 16.6. The van der Waals surface area contributed by atoms with E-state index in [1.54, 1.807) is 7.11 Å². The molecule has 1 aromatic rings. The van der Waals surface area contributed by atoms with Crippen molar-refractivity contribution in [1.29, 1.82) is 0 Å². The number of benzene rings is 1. The van der Waals surface area contributed by atoms with Gasteiger partial charge in [0.25, 0.3) is 0 Å². The molecule has 118 valence electrons. The lowest BCUT2D eigenvalue weighted by Gasteiger charge is -2.35. The van der Waals surface area contributed by atoms with Gasteiger partial charge in [-0.1, -0.05) is 35.7 Å². The third-order valence-electron chi connectivity index (χ3n) is 4.07. The van der Waals surface area contributed by atoms with Crippen LogP contribution in [-0.2, 0) is 0 Å². The first-order valence-electron chi connectivity index (χ1n) is 7.68. The summed E-state index contributed by atoms with van der Waals surface area (Å²) in [4.78, 5) is 2.47. The number of hydrogen-bond acceptors (Lipinski definition) is 4. The van der Waals surface area contributed by atoms with Crippen LogP contribution in [0.4, 0.5) is 0 Å². The Hall–Kier alpha value is -0.780. The Labute approximate surface area is 135 Å². The van der Waals surface area contributed by atoms with Gasteiger partial charge < -0.3 is 15.2 Å². The second-order valence-corrected chi connectivity index (χ2v) is 6.41. The summed E-state index contributed by atoms with van der Waals surface area (Å²) >= 11 is 3.53. The van der Waals surface area contributed by atoms with Crippen molar-refractivity contribution in [3.63, 3.8) is 0 Å². The van der Waals surface area contributed by atoms with Gasteiger partial charge in [0.1, 0.15) is 0 Å². The van der Waals surface area contributed by atoms with Gasteiger partial charge in [0, 0.05) is 42.3 Å². The lowest BCUT2D eigenvalue weighted by atomic mass is 9.97. The number of phenolic OH excluding ortho intramolecular Hbond substituents is 1. The minimum atomic E-state index is 0.249. The van der Waals surface area contributed by atoms with Crippen molar-refractivity contribution in [2.45, 2.75) is 32.2 Å². The molecule has 1 aliphatic rings. The number of hydrogen-bond donors (Lipinski definition) is 2. The highest BCUT2D eigenvalue weighted by atomic mass is 79.9. The van der Waals surface area contributed by atoms with Gasteiger partial charge in [-0.05, 0) is 18.6 Å². The van der Waals surface area contributed by atoms with Gasteiger partial charge >= 0.3 is 0 Å². The molecule has 21 heavy (non-hydrogen) atoms. The number of rotatable bonds is 6. The molecule has 0 spiro atoms. The van der Waals surface area contributed by atoms with Crippen LogP contribution in [0.25, 0.3) is 0 Å². The summed E-state index contributed by atoms with van der Waals surface area (Å²) in [7, 11) is 1.59. The Balaban J connectivity index is 2.32. The maximum Gasteiger partial charge on any atom is 0.162 e. The van der Waals surface area contributed by atoms with E-state index in [1.165, 1.54) is 0 Å². The van der Waals surface area contributed by atoms with Crippen LogP contribution in [-0.4, -0.2) is 43.3 Å². The topological polar surface area (TPSA) is 44.7 Å². The lowest BCUT2D eigenvalue weighted by Crippen LogP contribution is -2.45. The quantitative estimate of drug-likeness (QED) is 0.820. The van der Waals surface area contributed by atoms with E-state index in [1.807, 2.05) is 12.1 Å². The molecule has 1 aromatic carbocycles. The van der Waals surface area contributed by atoms with Crippen LogP contribution in [0.3, 0.4) is 0 Å². The molecule has 0 unspecified atom stereocenters. The van der Waals surface area contributed by atoms with Crippen LogP contribution in [0.2, 0.25) is 0 Å². The SMILES string of the molecule is CCCC[C@@H](c1cc(Br)cc(OC)c1O)N1CCNCC1. The van der Waals surface area contributed by atoms with Crippen molar-refractivity contribution in [3.8, 4) is 11.5 Å². The molecule has 0 amide bonds. The zero-order valence-corrected chi connectivity index (χ0v) is 14.4. The minimum Gasteiger partial charge on any atom is -0.504 e. The number of nitrogens with zero attached hydrogens (tertiary/aromatic N) is 1. The summed E-state index contributed by atoms with van der Waals surface area (Å²) in [5.74, 6) is 0.816. The van der Waals surface area contributed by atoms with E-state index in [-0.39, 0.29) is 11.8 Å². The van der Waals surface area contributed by atoms with E-state index in [4.69, 9.17) is 4.74 Å². The first-order chi connectivity index (χ1) is 10.2. The van der Waals surface area contributed by atoms with Crippen molar-refractivity contribution in [2.24, 2.45) is 0 Å². The third-order valence-corrected chi connectivity index (χ3v) is 4.53. The summed E-state index contributed by atoms with van der Waals surface area (Å²) in [6, 6.07) is 4.09. The summed E-state index contributed by atoms with van der Waals surface area (Å²) < 4.78 is 6.25. The molecule has 0 bridgehead atoms. The molecule has 0 aliphatic carbocycles. The van der Waals surface area contributed by atoms with Crippen molar-refractivity contribution in [1.82, 2.24) is 10.2 Å². The van der Waals surface area contributed by atoms with E-state index < -0.39 is 0 Å². The molecule has 2 rings (SSSR count). The van der Waals surface area contributed by atoms with Gasteiger partial charge in [0.05, 0.1) is 7.11 Å². The smallest absolute Gasteiger partial charge is 0.162 e. The molecule has 1 atom stereocenters. The van der Waals surface area contributed by atoms with Gasteiger partial charge in [0.15, 0.2) is 11.5 Å². The van der Waals surface area contributed by atoms with Crippen LogP contribution in [0, 0.1) is 0 Å². The Morgan fingerprint density at radius 1 is 1.38 bits per heavy atom. The number of unbranched alkanes of at least 4 members (excludes halogenated alkanes) is 1. The van der Waals surface area contributed by atoms with Crippen molar-refractivity contribution in [2.75, 3.05) is 33.3 Å². The van der Waals surface area contributed by atoms with Gasteiger partial charge in [-0.15, -0.1) is 0 Å². The summed E-state index contributed by atoms with van der Waals surface area (Å²) in [5, 5.41) is 13.9. The van der Waals surface area contributed by atoms with Gasteiger partial charge in [-0.2, -0.15) is 0 Å². The molecular formula is C16H25BrN2O2. The predicted octanol–water partition coefficient (Wildman–Crippen LogP) is 3.30. The number of phenols is 1. The standard InChI is InChI=1S/C16H25BrN2O2/c1-3-4-5-14(19-8-6-18-7-9-19)13-10-12(17)11-15(21-2)16(13)20/h10-11,14,18,20H,3-9H2,1-2H3/t14-/m0/s1. The number of nitrogens with one attached hydrogen (secondary N) is 1. The molecule has 4 nitrogen and oxygen atoms in total. The highest BCUT2D eigenvalue weighted by molar-refractivity contribution is 9.10. The van der Waals surface area contributed by atoms with E-state index >= 15 is 0 Å². The Morgan fingerprint density at radius 3 is 2.71 bits per heavy atom. The fourth-order valence-electron chi connectivity index (χ4n) is 2.93. The Morgan fingerprint density at radius 2 is 2.10 bits per heavy atom. The fourth-order valence-corrected chi connectivity index (χ4v) is 3.38. The number of ether oxygens (including phenoxy) is 1. The van der Waals surface area contributed by atoms with Crippen LogP contribution >= 0.6 is 15.9 Å². The van der Waals surface area contributed by atoms with Crippen molar-refractivity contribution < 1.29 is 9.84 Å². The number of halogens is 1. The number of methoxy groups -OCH3 is 1. The monoisotopic (exact) mass is 356 g/mol. The van der Waals surface area contributed by atoms with E-state index in [9.17, 15) is 5.11 Å². The van der Waals surface area contributed by atoms with Crippen molar-refractivity contribution >= 4 is 15.9 Å². The largest absolute Gasteiger partial charge is 0.504 e. The van der Waals surface area contributed by atoms with Crippen LogP contribution in [0.1, 0.15) is 37.8 Å². The fraction of sp³-hybridized carbons (Fsp3) is 0.625. The first-order valence-corrected chi connectivity index (χ1v) is 8.47. The maximum atomic E-state index is 10.5. The minimum absolute atomic E-state index is 0.249. The molecule has 0 aromatic heterocycles. The molecule has 5 heteroatoms. The Bertz CT molecular complexity index is 462. The molecule has 1 heterocycles. The van der Waals surface area contributed by atoms with E-state index in [2.05, 4.69) is 33.1 Å². The molecule has 2 N–H and O–H groups in total. The molecule has 1 aliphatic heterocycles. The average molecular weight is 357 g/mol. The molecule has 0 radical (unpaired) electrons. The maximum absolute atomic E-state index is 10.5. The second-order valence-electron chi connectivity index (χ2n) is 5.49. The number of piperazine rings is 1. The van der Waals surface area contributed by atoms with Gasteiger partial charge in [-0.25, -0.2) is 0 Å². The number of aromatic hydroxyl groups is 1. The Kier molecular flexibility index (Phi) is 6.33. The van der Waals surface area contributed by atoms with E-state index in [0.29, 0.717) is 5.75 Å². The highest BCUT2D eigenvalue weighted by Gasteiger charge is 2.25. The highest BCUT2D eigenvalue weighted by Crippen LogP contribution is 2.40. The zero-order valence-electron chi connectivity index (χ0n) is 12.9. The zero-order chi connectivity index (χ0) is 15.2. The molecule has 1 saturated heterocycles. The van der Waals surface area contributed by atoms with Gasteiger partial charge in [0.2, 0.25) is 0 Å². The van der Waals surface area contributed by atoms with Gasteiger partial charge in [-0.3, -0.25) is 4.90 Å². The summed E-state index contributed by atoms with van der Waals surface area (Å²) in [5.41, 5.74) is 0.969. The lowest BCUT2D eigenvalue weighted by molar-refractivity contribution is 0.160. The molecular weight excluding hydrogens is 332 g/mol.